The van der Waals surface area contributed by atoms with E-state index in [1.165, 1.54) is 351 Å². The van der Waals surface area contributed by atoms with E-state index in [1.807, 2.05) is 0 Å². The minimum absolute atomic E-state index is 1.19. The normalized spacial score (nSPS) is 12.4. The molecule has 31 rings (SSSR count). The third-order valence-electron chi connectivity index (χ3n) is 32.3. The molecule has 0 atom stereocenters. The van der Waals surface area contributed by atoms with Crippen LogP contribution in [0.4, 0.5) is 0 Å². The molecule has 0 saturated heterocycles. The van der Waals surface area contributed by atoms with Crippen LogP contribution in [0, 0.1) is 27.7 Å². The van der Waals surface area contributed by atoms with E-state index in [1.54, 1.807) is 0 Å². The van der Waals surface area contributed by atoms with Crippen LogP contribution in [0.2, 0.25) is 0 Å². The van der Waals surface area contributed by atoms with Gasteiger partial charge in [0.25, 0.3) is 0 Å². The van der Waals surface area contributed by atoms with Crippen molar-refractivity contribution < 1.29 is 0 Å². The zero-order valence-electron chi connectivity index (χ0n) is 77.6. The lowest BCUT2D eigenvalue weighted by molar-refractivity contribution is 1.47. The van der Waals surface area contributed by atoms with Gasteiger partial charge in [0.15, 0.2) is 0 Å². The lowest BCUT2D eigenvalue weighted by atomic mass is 9.76. The molecule has 0 heteroatoms. The zero-order chi connectivity index (χ0) is 91.9. The van der Waals surface area contributed by atoms with Crippen LogP contribution in [0.5, 0.6) is 0 Å². The number of fused-ring (bicyclic) bond motifs is 20. The molecule has 2 aliphatic rings. The van der Waals surface area contributed by atoms with E-state index < -0.39 is 0 Å². The monoisotopic (exact) mass is 1760 g/mol. The van der Waals surface area contributed by atoms with Crippen LogP contribution in [0.25, 0.3) is 329 Å². The Hall–Kier alpha value is -17.7. The molecular formula is C140H84. The van der Waals surface area contributed by atoms with Crippen molar-refractivity contribution in [2.45, 2.75) is 27.7 Å². The Morgan fingerprint density at radius 3 is 0.386 bits per heavy atom. The second-order valence-corrected chi connectivity index (χ2v) is 39.7. The summed E-state index contributed by atoms with van der Waals surface area (Å²) in [5, 5.41) is 36.3. The topological polar surface area (TPSA) is 0 Å². The number of aryl methyl sites for hydroxylation is 4. The maximum Gasteiger partial charge on any atom is -0.000717 e. The molecule has 644 valence electrons. The van der Waals surface area contributed by atoms with Gasteiger partial charge in [0.1, 0.15) is 0 Å². The van der Waals surface area contributed by atoms with Crippen LogP contribution < -0.4 is 0 Å². The largest absolute Gasteiger partial charge is 0.0622 e. The molecular weight excluding hydrogens is 1680 g/mol. The Balaban J connectivity index is 0.693. The molecule has 0 radical (unpaired) electrons. The molecule has 29 aromatic carbocycles. The van der Waals surface area contributed by atoms with E-state index >= 15 is 0 Å². The quantitative estimate of drug-likeness (QED) is 0.0845. The first kappa shape index (κ1) is 77.6. The summed E-state index contributed by atoms with van der Waals surface area (Å²) in [6.45, 7) is 8.94. The van der Waals surface area contributed by atoms with Gasteiger partial charge >= 0.3 is 0 Å². The summed E-state index contributed by atoms with van der Waals surface area (Å²) in [5.74, 6) is 0. The van der Waals surface area contributed by atoms with Gasteiger partial charge in [-0.2, -0.15) is 0 Å². The minimum atomic E-state index is 1.19. The van der Waals surface area contributed by atoms with Crippen molar-refractivity contribution in [3.8, 4) is 178 Å². The van der Waals surface area contributed by atoms with Crippen LogP contribution >= 0.6 is 0 Å². The van der Waals surface area contributed by atoms with Crippen molar-refractivity contribution in [3.05, 3.63) is 459 Å². The van der Waals surface area contributed by atoms with E-state index in [2.05, 4.69) is 464 Å². The summed E-state index contributed by atoms with van der Waals surface area (Å²) in [5.41, 5.74) is 44.7. The van der Waals surface area contributed by atoms with E-state index in [0.29, 0.717) is 0 Å². The first-order valence-electron chi connectivity index (χ1n) is 49.4. The molecule has 0 bridgehead atoms. The Morgan fingerprint density at radius 1 is 0.0857 bits per heavy atom. The van der Waals surface area contributed by atoms with Crippen LogP contribution in [0.1, 0.15) is 22.3 Å². The zero-order valence-corrected chi connectivity index (χ0v) is 77.6. The molecule has 2 aliphatic carbocycles. The highest BCUT2D eigenvalue weighted by molar-refractivity contribution is 6.54. The van der Waals surface area contributed by atoms with Gasteiger partial charge in [0.05, 0.1) is 0 Å². The summed E-state index contributed by atoms with van der Waals surface area (Å²) in [7, 11) is 0. The number of rotatable bonds is 12. The van der Waals surface area contributed by atoms with E-state index in [0.717, 1.165) is 0 Å². The fourth-order valence-corrected chi connectivity index (χ4v) is 26.8. The van der Waals surface area contributed by atoms with Crippen molar-refractivity contribution >= 4 is 151 Å². The molecule has 0 aliphatic heterocycles. The van der Waals surface area contributed by atoms with Crippen molar-refractivity contribution in [1.82, 2.24) is 0 Å². The fourth-order valence-electron chi connectivity index (χ4n) is 26.8. The number of hydrogen-bond donors (Lipinski definition) is 0. The van der Waals surface area contributed by atoms with Gasteiger partial charge in [0.2, 0.25) is 0 Å². The molecule has 0 amide bonds. The third-order valence-corrected chi connectivity index (χ3v) is 32.3. The van der Waals surface area contributed by atoms with Crippen LogP contribution in [-0.2, 0) is 0 Å². The SMILES string of the molecule is Cc1ccc(-c2c3c4ccc5c6c(ccc(c3c(-c3ccc(C)cc3)c3c7ccc8c9ccc%10c%11c(-c%12ccc(C)cc%12)c%12c%13ccc%14c%15c(ccc(c%12c(-c%12ccc(C)cc%12)c%11c%11ccc(c%12ccc(c23)c7c%128)c9c%11%10)c%15%13)-c2c(-c3ccccc3)c(-c3ccccc3)c(-c3ccccc3)c(-c3ccccc3)c2-%14)c64)-c2c(-c3ccccc3)c(-c3ccccc3)c(-c3ccccc3)c(-c3ccccc3)c2-5)cc1. The van der Waals surface area contributed by atoms with E-state index in [4.69, 9.17) is 0 Å². The predicted octanol–water partition coefficient (Wildman–Crippen LogP) is 39.6. The van der Waals surface area contributed by atoms with Gasteiger partial charge in [-0.3, -0.25) is 0 Å². The van der Waals surface area contributed by atoms with Crippen molar-refractivity contribution in [3.63, 3.8) is 0 Å². The molecule has 0 heterocycles. The van der Waals surface area contributed by atoms with Gasteiger partial charge in [-0.15, -0.1) is 0 Å². The molecule has 0 saturated carbocycles. The van der Waals surface area contributed by atoms with E-state index in [9.17, 15) is 0 Å². The van der Waals surface area contributed by atoms with Gasteiger partial charge < -0.3 is 0 Å². The molecule has 0 unspecified atom stereocenters. The van der Waals surface area contributed by atoms with Crippen molar-refractivity contribution in [2.24, 2.45) is 0 Å². The predicted molar refractivity (Wildman–Crippen MR) is 600 cm³/mol. The molecule has 0 aromatic heterocycles. The van der Waals surface area contributed by atoms with Crippen molar-refractivity contribution in [2.75, 3.05) is 0 Å². The summed E-state index contributed by atoms with van der Waals surface area (Å²) in [6, 6.07) is 169. The highest BCUT2D eigenvalue weighted by Crippen LogP contribution is 2.69. The standard InChI is InChI=1S/C140H84/c1-77-45-53-89(54-46-77)117-133-97-65-61-93-95-63-67-99-124-100(136-120(92-59-51-80(4)52-60-92)140-108-76-72-104-126-103(71-75-107(128(108)126)139(140)119(135(99)136)91-57-49-79(3)50-58-91)131-115(87-41-25-11-26-42-87)111(83-33-17-7-18-34-83)112(84-35-19-8-20-36-84)116(132(104)131)88-43-27-12-28-44-88)68-64-96(122(95)124)94-62-66-98(123(97)121(93)94)134(133)118(90-55-47-78(2)48-56-90)138-106-74-70-102-125-101(69-73-105(127(106)125)137(117)138)129-113(85-37-21-9-22-38-85)109(81-29-13-5-14-30-81)110(82-31-15-6-16-32-82)114(130(102)129)86-39-23-10-24-40-86/h5-76H,1-4H3. The molecule has 29 aromatic rings. The highest BCUT2D eigenvalue weighted by atomic mass is 14.4. The first-order chi connectivity index (χ1) is 69.2. The average Bonchev–Trinajstić information content (AvgIpc) is 1.49. The molecule has 140 heavy (non-hydrogen) atoms. The molecule has 0 spiro atoms. The van der Waals surface area contributed by atoms with Gasteiger partial charge in [0, 0.05) is 0 Å². The summed E-state index contributed by atoms with van der Waals surface area (Å²) < 4.78 is 0. The molecule has 0 N–H and O–H groups in total. The summed E-state index contributed by atoms with van der Waals surface area (Å²) >= 11 is 0. The van der Waals surface area contributed by atoms with Crippen LogP contribution in [0.15, 0.2) is 437 Å². The minimum Gasteiger partial charge on any atom is -0.0622 e. The lowest BCUT2D eigenvalue weighted by Crippen LogP contribution is -1.99. The highest BCUT2D eigenvalue weighted by Gasteiger charge is 2.41. The first-order valence-corrected chi connectivity index (χ1v) is 49.4. The third kappa shape index (κ3) is 10.4. The second-order valence-electron chi connectivity index (χ2n) is 39.7. The fraction of sp³-hybridized carbons (Fsp3) is 0.0286. The summed E-state index contributed by atoms with van der Waals surface area (Å²) in [4.78, 5) is 0. The van der Waals surface area contributed by atoms with Crippen LogP contribution in [-0.4, -0.2) is 0 Å². The van der Waals surface area contributed by atoms with Gasteiger partial charge in [-0.1, -0.05) is 459 Å². The average molecular weight is 1770 g/mol. The lowest BCUT2D eigenvalue weighted by Gasteiger charge is -2.26. The Bertz CT molecular complexity index is 9150. The van der Waals surface area contributed by atoms with Crippen LogP contribution in [0.3, 0.4) is 0 Å². The van der Waals surface area contributed by atoms with Crippen molar-refractivity contribution in [1.29, 1.82) is 0 Å². The van der Waals surface area contributed by atoms with Gasteiger partial charge in [-0.25, -0.2) is 0 Å². The maximum atomic E-state index is 2.55. The van der Waals surface area contributed by atoms with Gasteiger partial charge in [-0.05, 0) is 357 Å². The second kappa shape index (κ2) is 28.9. The number of hydrogen-bond acceptors (Lipinski definition) is 0. The molecule has 0 nitrogen and oxygen atoms in total. The number of benzene rings is 25. The maximum absolute atomic E-state index is 2.55. The Kier molecular flexibility index (Phi) is 16.0. The summed E-state index contributed by atoms with van der Waals surface area (Å²) in [6.07, 6.45) is 0. The van der Waals surface area contributed by atoms with E-state index in [-0.39, 0.29) is 0 Å². The molecule has 0 fully saturated rings. The Morgan fingerprint density at radius 2 is 0.214 bits per heavy atom. The Labute approximate surface area is 809 Å². The smallest absolute Gasteiger partial charge is 0.000717 e.